The lowest BCUT2D eigenvalue weighted by Gasteiger charge is -2.18. The number of fused-ring (bicyclic) bond motifs is 1. The molecule has 21 heavy (non-hydrogen) atoms. The van der Waals surface area contributed by atoms with Gasteiger partial charge < -0.3 is 15.7 Å². The van der Waals surface area contributed by atoms with E-state index in [1.807, 2.05) is 0 Å². The van der Waals surface area contributed by atoms with Gasteiger partial charge in [-0.1, -0.05) is 18.2 Å². The molecule has 4 nitrogen and oxygen atoms in total. The average molecular weight is 290 g/mol. The summed E-state index contributed by atoms with van der Waals surface area (Å²) in [5.74, 6) is -2.15. The van der Waals surface area contributed by atoms with E-state index in [0.29, 0.717) is 11.6 Å². The van der Waals surface area contributed by atoms with E-state index in [1.165, 1.54) is 11.0 Å². The zero-order valence-corrected chi connectivity index (χ0v) is 10.9. The van der Waals surface area contributed by atoms with Gasteiger partial charge in [-0.3, -0.25) is 4.79 Å². The topological polar surface area (TPSA) is 66.6 Å². The fraction of sp³-hybridized carbons (Fsp3) is 0.133. The predicted molar refractivity (Wildman–Crippen MR) is 72.6 cm³/mol. The van der Waals surface area contributed by atoms with Gasteiger partial charge in [-0.25, -0.2) is 8.78 Å². The number of hydrogen-bond donors (Lipinski definition) is 2. The number of carbonyl (C=O) groups is 1. The van der Waals surface area contributed by atoms with Crippen molar-refractivity contribution in [1.29, 1.82) is 0 Å². The van der Waals surface area contributed by atoms with Gasteiger partial charge in [-0.05, 0) is 12.1 Å². The van der Waals surface area contributed by atoms with Crippen LogP contribution >= 0.6 is 0 Å². The van der Waals surface area contributed by atoms with Crippen LogP contribution in [-0.2, 0) is 11.3 Å². The number of para-hydroxylation sites is 1. The van der Waals surface area contributed by atoms with Crippen molar-refractivity contribution in [3.05, 3.63) is 59.2 Å². The Balaban J connectivity index is 2.06. The highest BCUT2D eigenvalue weighted by molar-refractivity contribution is 6.04. The van der Waals surface area contributed by atoms with Crippen LogP contribution in [0.5, 0.6) is 5.75 Å². The Bertz CT molecular complexity index is 734. The molecule has 1 atom stereocenters. The summed E-state index contributed by atoms with van der Waals surface area (Å²) in [6.45, 7) is -0.00486. The molecule has 1 amide bonds. The van der Waals surface area contributed by atoms with Gasteiger partial charge in [-0.2, -0.15) is 0 Å². The number of rotatable bonds is 2. The molecule has 2 aromatic carbocycles. The van der Waals surface area contributed by atoms with E-state index < -0.39 is 23.6 Å². The third-order valence-electron chi connectivity index (χ3n) is 3.53. The van der Waals surface area contributed by atoms with Crippen LogP contribution in [0.4, 0.5) is 14.5 Å². The summed E-state index contributed by atoms with van der Waals surface area (Å²) in [4.78, 5) is 13.4. The third-order valence-corrected chi connectivity index (χ3v) is 3.53. The molecule has 1 heterocycles. The summed E-state index contributed by atoms with van der Waals surface area (Å²) in [5.41, 5.74) is 6.26. The minimum Gasteiger partial charge on any atom is -0.508 e. The van der Waals surface area contributed by atoms with Crippen molar-refractivity contribution in [3.8, 4) is 5.75 Å². The Morgan fingerprint density at radius 2 is 1.95 bits per heavy atom. The largest absolute Gasteiger partial charge is 0.508 e. The van der Waals surface area contributed by atoms with Crippen LogP contribution in [0.2, 0.25) is 0 Å². The molecule has 0 aliphatic carbocycles. The lowest BCUT2D eigenvalue weighted by atomic mass is 10.1. The molecule has 0 radical (unpaired) electrons. The minimum atomic E-state index is -1.16. The van der Waals surface area contributed by atoms with Crippen LogP contribution in [-0.4, -0.2) is 11.0 Å². The van der Waals surface area contributed by atoms with Gasteiger partial charge in [0, 0.05) is 17.2 Å². The number of halogens is 2. The Morgan fingerprint density at radius 3 is 2.67 bits per heavy atom. The number of amides is 1. The summed E-state index contributed by atoms with van der Waals surface area (Å²) >= 11 is 0. The molecule has 0 spiro atoms. The molecule has 0 saturated heterocycles. The standard InChI is InChI=1S/C15H12F2N2O2/c16-9-5-10(17)13-11(6-9)19(15(21)14(13)18)7-8-3-1-2-4-12(8)20/h1-6,14,20H,7,18H2. The van der Waals surface area contributed by atoms with E-state index in [0.717, 1.165) is 6.07 Å². The molecule has 1 unspecified atom stereocenters. The fourth-order valence-corrected chi connectivity index (χ4v) is 2.49. The quantitative estimate of drug-likeness (QED) is 0.891. The van der Waals surface area contributed by atoms with Gasteiger partial charge in [0.25, 0.3) is 0 Å². The molecule has 0 saturated carbocycles. The predicted octanol–water partition coefficient (Wildman–Crippen LogP) is 2.22. The maximum Gasteiger partial charge on any atom is 0.249 e. The van der Waals surface area contributed by atoms with E-state index in [1.54, 1.807) is 18.2 Å². The molecule has 0 bridgehead atoms. The summed E-state index contributed by atoms with van der Waals surface area (Å²) in [5, 5.41) is 9.76. The van der Waals surface area contributed by atoms with Gasteiger partial charge in [0.2, 0.25) is 5.91 Å². The normalized spacial score (nSPS) is 17.2. The number of phenols is 1. The second-order valence-corrected chi connectivity index (χ2v) is 4.85. The van der Waals surface area contributed by atoms with Crippen LogP contribution in [0.15, 0.2) is 36.4 Å². The summed E-state index contributed by atoms with van der Waals surface area (Å²) in [6.07, 6.45) is 0. The van der Waals surface area contributed by atoms with Crippen molar-refractivity contribution in [3.63, 3.8) is 0 Å². The van der Waals surface area contributed by atoms with E-state index in [9.17, 15) is 18.7 Å². The number of anilines is 1. The Kier molecular flexibility index (Phi) is 3.10. The highest BCUT2D eigenvalue weighted by Gasteiger charge is 2.38. The van der Waals surface area contributed by atoms with Crippen LogP contribution in [0, 0.1) is 11.6 Å². The number of nitrogens with zero attached hydrogens (tertiary/aromatic N) is 1. The van der Waals surface area contributed by atoms with Gasteiger partial charge in [0.05, 0.1) is 12.2 Å². The van der Waals surface area contributed by atoms with E-state index in [4.69, 9.17) is 5.73 Å². The van der Waals surface area contributed by atoms with E-state index in [-0.39, 0.29) is 23.5 Å². The molecule has 3 N–H and O–H groups in total. The van der Waals surface area contributed by atoms with Crippen molar-refractivity contribution in [2.75, 3.05) is 4.90 Å². The van der Waals surface area contributed by atoms with Crippen molar-refractivity contribution in [1.82, 2.24) is 0 Å². The van der Waals surface area contributed by atoms with Gasteiger partial charge >= 0.3 is 0 Å². The number of aromatic hydroxyl groups is 1. The SMILES string of the molecule is NC1C(=O)N(Cc2ccccc2O)c2cc(F)cc(F)c21. The van der Waals surface area contributed by atoms with Crippen LogP contribution in [0.3, 0.4) is 0 Å². The molecule has 2 aromatic rings. The van der Waals surface area contributed by atoms with Crippen LogP contribution in [0.25, 0.3) is 0 Å². The number of benzene rings is 2. The highest BCUT2D eigenvalue weighted by atomic mass is 19.1. The van der Waals surface area contributed by atoms with E-state index in [2.05, 4.69) is 0 Å². The van der Waals surface area contributed by atoms with Crippen molar-refractivity contribution < 1.29 is 18.7 Å². The molecular formula is C15H12F2N2O2. The van der Waals surface area contributed by atoms with E-state index >= 15 is 0 Å². The first-order valence-electron chi connectivity index (χ1n) is 6.32. The van der Waals surface area contributed by atoms with Crippen molar-refractivity contribution >= 4 is 11.6 Å². The highest BCUT2D eigenvalue weighted by Crippen LogP contribution is 2.38. The Hall–Kier alpha value is -2.47. The molecule has 0 fully saturated rings. The molecule has 1 aliphatic rings. The average Bonchev–Trinajstić information content (AvgIpc) is 2.66. The summed E-state index contributed by atoms with van der Waals surface area (Å²) in [6, 6.07) is 7.06. The maximum atomic E-state index is 13.8. The number of nitrogens with two attached hydrogens (primary N) is 1. The third kappa shape index (κ3) is 2.13. The minimum absolute atomic E-state index is 0.00389. The molecule has 3 rings (SSSR count). The number of hydrogen-bond acceptors (Lipinski definition) is 3. The number of phenolic OH excluding ortho intramolecular Hbond substituents is 1. The molecule has 108 valence electrons. The molecular weight excluding hydrogens is 278 g/mol. The Morgan fingerprint density at radius 1 is 1.24 bits per heavy atom. The maximum absolute atomic E-state index is 13.8. The first-order valence-corrected chi connectivity index (χ1v) is 6.32. The zero-order valence-electron chi connectivity index (χ0n) is 10.9. The van der Waals surface area contributed by atoms with Gasteiger partial charge in [-0.15, -0.1) is 0 Å². The number of carbonyl (C=O) groups excluding carboxylic acids is 1. The fourth-order valence-electron chi connectivity index (χ4n) is 2.49. The van der Waals surface area contributed by atoms with Crippen molar-refractivity contribution in [2.45, 2.75) is 12.6 Å². The lowest BCUT2D eigenvalue weighted by molar-refractivity contribution is -0.119. The molecule has 6 heteroatoms. The smallest absolute Gasteiger partial charge is 0.249 e. The Labute approximate surface area is 119 Å². The first-order chi connectivity index (χ1) is 9.99. The molecule has 1 aliphatic heterocycles. The second kappa shape index (κ2) is 4.82. The van der Waals surface area contributed by atoms with Gasteiger partial charge in [0.1, 0.15) is 23.4 Å². The van der Waals surface area contributed by atoms with Crippen LogP contribution < -0.4 is 10.6 Å². The summed E-state index contributed by atoms with van der Waals surface area (Å²) < 4.78 is 27.2. The van der Waals surface area contributed by atoms with Crippen LogP contribution in [0.1, 0.15) is 17.2 Å². The molecule has 0 aromatic heterocycles. The van der Waals surface area contributed by atoms with Crippen molar-refractivity contribution in [2.24, 2.45) is 5.73 Å². The monoisotopic (exact) mass is 290 g/mol. The summed E-state index contributed by atoms with van der Waals surface area (Å²) in [7, 11) is 0. The lowest BCUT2D eigenvalue weighted by Crippen LogP contribution is -2.31. The zero-order chi connectivity index (χ0) is 15.1. The second-order valence-electron chi connectivity index (χ2n) is 4.85. The van der Waals surface area contributed by atoms with Gasteiger partial charge in [0.15, 0.2) is 0 Å². The first kappa shape index (κ1) is 13.5.